The van der Waals surface area contributed by atoms with E-state index in [2.05, 4.69) is 0 Å². The predicted octanol–water partition coefficient (Wildman–Crippen LogP) is 4.37. The van der Waals surface area contributed by atoms with Gasteiger partial charge in [-0.3, -0.25) is 9.59 Å². The summed E-state index contributed by atoms with van der Waals surface area (Å²) < 4.78 is 0. The fraction of sp³-hybridized carbons (Fsp3) is 0.263. The first-order chi connectivity index (χ1) is 11.1. The number of aldehydes is 2. The quantitative estimate of drug-likeness (QED) is 0.822. The second-order valence-electron chi connectivity index (χ2n) is 4.19. The first kappa shape index (κ1) is 20.4. The lowest BCUT2D eigenvalue weighted by Gasteiger charge is -2.08. The third-order valence-corrected chi connectivity index (χ3v) is 2.86. The van der Waals surface area contributed by atoms with Crippen molar-refractivity contribution in [3.8, 4) is 11.5 Å². The lowest BCUT2D eigenvalue weighted by atomic mass is 10.00. The fourth-order valence-corrected chi connectivity index (χ4v) is 1.85. The van der Waals surface area contributed by atoms with E-state index in [0.29, 0.717) is 34.8 Å². The molecule has 0 saturated heterocycles. The van der Waals surface area contributed by atoms with Crippen molar-refractivity contribution in [1.29, 1.82) is 0 Å². The molecule has 2 rings (SSSR count). The Kier molecular flexibility index (Phi) is 9.76. The van der Waals surface area contributed by atoms with Crippen LogP contribution in [0.15, 0.2) is 36.4 Å². The molecule has 0 saturated carbocycles. The summed E-state index contributed by atoms with van der Waals surface area (Å²) in [6.07, 6.45) is 1.61. The number of carbonyl (C=O) groups is 2. The van der Waals surface area contributed by atoms with Gasteiger partial charge in [-0.25, -0.2) is 0 Å². The van der Waals surface area contributed by atoms with Crippen LogP contribution in [0.25, 0.3) is 0 Å². The van der Waals surface area contributed by atoms with Crippen LogP contribution in [0.5, 0.6) is 11.5 Å². The summed E-state index contributed by atoms with van der Waals surface area (Å²) in [6.45, 7) is 8.00. The molecule has 4 nitrogen and oxygen atoms in total. The van der Waals surface area contributed by atoms with Crippen LogP contribution in [0.2, 0.25) is 0 Å². The van der Waals surface area contributed by atoms with Crippen LogP contribution in [-0.4, -0.2) is 22.8 Å². The van der Waals surface area contributed by atoms with Gasteiger partial charge in [0.1, 0.15) is 24.1 Å². The average molecular weight is 316 g/mol. The number of phenols is 2. The number of carbonyl (C=O) groups excluding carboxylic acids is 2. The van der Waals surface area contributed by atoms with Crippen LogP contribution < -0.4 is 0 Å². The molecule has 0 amide bonds. The molecule has 0 heterocycles. The SMILES string of the molecule is CC.CC.O=Cc1ccc(O)c(Cc2cc(C=O)ccc2O)c1. The zero-order chi connectivity index (χ0) is 17.8. The van der Waals surface area contributed by atoms with Gasteiger partial charge in [0.05, 0.1) is 0 Å². The van der Waals surface area contributed by atoms with Gasteiger partial charge < -0.3 is 10.2 Å². The molecule has 124 valence electrons. The van der Waals surface area contributed by atoms with Crippen LogP contribution in [0.1, 0.15) is 59.5 Å². The molecule has 0 unspecified atom stereocenters. The monoisotopic (exact) mass is 316 g/mol. The van der Waals surface area contributed by atoms with E-state index in [1.54, 1.807) is 12.1 Å². The number of hydrogen-bond donors (Lipinski definition) is 2. The van der Waals surface area contributed by atoms with Gasteiger partial charge >= 0.3 is 0 Å². The number of hydrogen-bond acceptors (Lipinski definition) is 4. The Balaban J connectivity index is 0.00000112. The van der Waals surface area contributed by atoms with Crippen molar-refractivity contribution in [1.82, 2.24) is 0 Å². The molecular formula is C19H24O4. The number of benzene rings is 2. The Morgan fingerprint density at radius 2 is 1.09 bits per heavy atom. The van der Waals surface area contributed by atoms with Gasteiger partial charge in [0, 0.05) is 17.5 Å². The zero-order valence-electron chi connectivity index (χ0n) is 14.0. The predicted molar refractivity (Wildman–Crippen MR) is 92.5 cm³/mol. The highest BCUT2D eigenvalue weighted by Crippen LogP contribution is 2.26. The Hall–Kier alpha value is -2.62. The van der Waals surface area contributed by atoms with E-state index in [4.69, 9.17) is 0 Å². The van der Waals surface area contributed by atoms with Crippen LogP contribution >= 0.6 is 0 Å². The van der Waals surface area contributed by atoms with Gasteiger partial charge in [-0.15, -0.1) is 0 Å². The Labute approximate surface area is 137 Å². The second kappa shape index (κ2) is 11.0. The molecule has 2 aromatic carbocycles. The minimum atomic E-state index is 0.0431. The molecule has 0 aliphatic carbocycles. The molecule has 0 aliphatic heterocycles. The first-order valence-electron chi connectivity index (χ1n) is 7.68. The number of aromatic hydroxyl groups is 2. The van der Waals surface area contributed by atoms with Gasteiger partial charge in [0.25, 0.3) is 0 Å². The van der Waals surface area contributed by atoms with Gasteiger partial charge in [-0.2, -0.15) is 0 Å². The molecule has 0 aromatic heterocycles. The highest BCUT2D eigenvalue weighted by atomic mass is 16.3. The molecular weight excluding hydrogens is 292 g/mol. The van der Waals surface area contributed by atoms with Crippen molar-refractivity contribution in [3.05, 3.63) is 58.7 Å². The van der Waals surface area contributed by atoms with Crippen molar-refractivity contribution >= 4 is 12.6 Å². The van der Waals surface area contributed by atoms with Crippen LogP contribution in [-0.2, 0) is 6.42 Å². The smallest absolute Gasteiger partial charge is 0.150 e. The molecule has 0 bridgehead atoms. The van der Waals surface area contributed by atoms with Crippen molar-refractivity contribution < 1.29 is 19.8 Å². The van der Waals surface area contributed by atoms with Gasteiger partial charge in [0.15, 0.2) is 0 Å². The van der Waals surface area contributed by atoms with E-state index in [1.807, 2.05) is 27.7 Å². The first-order valence-corrected chi connectivity index (χ1v) is 7.68. The molecule has 0 spiro atoms. The summed E-state index contributed by atoms with van der Waals surface area (Å²) in [5.74, 6) is 0.0861. The third kappa shape index (κ3) is 5.94. The molecule has 0 radical (unpaired) electrons. The molecule has 2 aromatic rings. The normalized spacial score (nSPS) is 8.87. The summed E-state index contributed by atoms with van der Waals surface area (Å²) in [6, 6.07) is 8.98. The molecule has 0 fully saturated rings. The Bertz CT molecular complexity index is 578. The standard InChI is InChI=1S/C15H12O4.2C2H6/c16-8-10-1-3-14(18)12(5-10)7-13-6-11(9-17)2-4-15(13)19;2*1-2/h1-6,8-9,18-19H,7H2;2*1-2H3. The Morgan fingerprint density at radius 1 is 0.739 bits per heavy atom. The zero-order valence-corrected chi connectivity index (χ0v) is 14.0. The van der Waals surface area contributed by atoms with Crippen molar-refractivity contribution in [2.75, 3.05) is 0 Å². The lowest BCUT2D eigenvalue weighted by Crippen LogP contribution is -1.93. The highest BCUT2D eigenvalue weighted by Gasteiger charge is 2.08. The van der Waals surface area contributed by atoms with E-state index >= 15 is 0 Å². The molecule has 2 N–H and O–H groups in total. The minimum Gasteiger partial charge on any atom is -0.508 e. The van der Waals surface area contributed by atoms with Crippen LogP contribution in [0, 0.1) is 0 Å². The molecule has 4 heteroatoms. The summed E-state index contributed by atoms with van der Waals surface area (Å²) in [7, 11) is 0. The van der Waals surface area contributed by atoms with E-state index in [9.17, 15) is 19.8 Å². The van der Waals surface area contributed by atoms with Gasteiger partial charge in [-0.1, -0.05) is 27.7 Å². The highest BCUT2D eigenvalue weighted by molar-refractivity contribution is 5.76. The summed E-state index contributed by atoms with van der Waals surface area (Å²) >= 11 is 0. The van der Waals surface area contributed by atoms with E-state index < -0.39 is 0 Å². The van der Waals surface area contributed by atoms with Crippen molar-refractivity contribution in [2.24, 2.45) is 0 Å². The van der Waals surface area contributed by atoms with E-state index in [1.165, 1.54) is 24.3 Å². The largest absolute Gasteiger partial charge is 0.508 e. The topological polar surface area (TPSA) is 74.6 Å². The Morgan fingerprint density at radius 3 is 1.39 bits per heavy atom. The van der Waals surface area contributed by atoms with Gasteiger partial charge in [-0.05, 0) is 47.5 Å². The fourth-order valence-electron chi connectivity index (χ4n) is 1.85. The summed E-state index contributed by atoms with van der Waals surface area (Å²) in [4.78, 5) is 21.4. The van der Waals surface area contributed by atoms with Gasteiger partial charge in [0.2, 0.25) is 0 Å². The van der Waals surface area contributed by atoms with Crippen molar-refractivity contribution in [2.45, 2.75) is 34.1 Å². The molecule has 0 atom stereocenters. The maximum Gasteiger partial charge on any atom is 0.150 e. The average Bonchev–Trinajstić information content (AvgIpc) is 2.62. The maximum atomic E-state index is 10.7. The second-order valence-corrected chi connectivity index (χ2v) is 4.19. The van der Waals surface area contributed by atoms with E-state index in [-0.39, 0.29) is 17.9 Å². The molecule has 0 aliphatic rings. The maximum absolute atomic E-state index is 10.7. The van der Waals surface area contributed by atoms with Crippen molar-refractivity contribution in [3.63, 3.8) is 0 Å². The van der Waals surface area contributed by atoms with E-state index in [0.717, 1.165) is 0 Å². The number of rotatable bonds is 4. The van der Waals surface area contributed by atoms with Crippen LogP contribution in [0.3, 0.4) is 0 Å². The minimum absolute atomic E-state index is 0.0431. The third-order valence-electron chi connectivity index (χ3n) is 2.86. The summed E-state index contributed by atoms with van der Waals surface area (Å²) in [5, 5.41) is 19.5. The number of phenolic OH excluding ortho intramolecular Hbond substituents is 2. The summed E-state index contributed by atoms with van der Waals surface area (Å²) in [5.41, 5.74) is 1.92. The lowest BCUT2D eigenvalue weighted by molar-refractivity contribution is 0.111. The molecule has 23 heavy (non-hydrogen) atoms. The van der Waals surface area contributed by atoms with Crippen LogP contribution in [0.4, 0.5) is 0 Å².